The van der Waals surface area contributed by atoms with E-state index in [9.17, 15) is 61.5 Å². The van der Waals surface area contributed by atoms with Gasteiger partial charge in [-0.2, -0.15) is 57.1 Å². The summed E-state index contributed by atoms with van der Waals surface area (Å²) in [6.45, 7) is 2.21. The Bertz CT molecular complexity index is 480. The minimum atomic E-state index is -7.35. The van der Waals surface area contributed by atoms with Crippen LogP contribution in [0.1, 0.15) is 0 Å². The third-order valence-corrected chi connectivity index (χ3v) is 2.23. The van der Waals surface area contributed by atoms with Crippen LogP contribution < -0.4 is 0 Å². The highest BCUT2D eigenvalue weighted by atomic mass is 19.4. The summed E-state index contributed by atoms with van der Waals surface area (Å²) in [5.41, 5.74) is 0. The van der Waals surface area contributed by atoms with Gasteiger partial charge in [0.05, 0.1) is 6.26 Å². The fraction of sp³-hybridized carbons (Fsp3) is 0.778. The zero-order chi connectivity index (χ0) is 20.7. The van der Waals surface area contributed by atoms with E-state index in [1.54, 1.807) is 4.74 Å². The molecule has 150 valence electrons. The van der Waals surface area contributed by atoms with E-state index in [0.29, 0.717) is 0 Å². The molecule has 0 fully saturated rings. The molecule has 2 unspecified atom stereocenters. The molecule has 0 N–H and O–H groups in total. The van der Waals surface area contributed by atoms with Crippen LogP contribution in [0.25, 0.3) is 0 Å². The van der Waals surface area contributed by atoms with Gasteiger partial charge in [-0.1, -0.05) is 6.58 Å². The lowest BCUT2D eigenvalue weighted by Gasteiger charge is -2.37. The highest BCUT2D eigenvalue weighted by Crippen LogP contribution is 2.53. The van der Waals surface area contributed by atoms with Crippen LogP contribution in [0.3, 0.4) is 0 Å². The van der Waals surface area contributed by atoms with Crippen LogP contribution in [0.4, 0.5) is 61.5 Å². The van der Waals surface area contributed by atoms with Crippen molar-refractivity contribution in [2.75, 3.05) is 0 Å². The predicted octanol–water partition coefficient (Wildman–Crippen LogP) is 5.11. The molecule has 0 amide bonds. The first kappa shape index (κ1) is 23.5. The van der Waals surface area contributed by atoms with Gasteiger partial charge in [0.25, 0.3) is 6.17 Å². The van der Waals surface area contributed by atoms with Gasteiger partial charge in [0.15, 0.2) is 0 Å². The standard InChI is InChI=1S/C9H4F14O2/c1-2-24-9(22,23)6(16,7(17,18)19)25-8(20,21)4(11,12)3(10)5(13,14)15/h2-3H,1H2. The minimum Gasteiger partial charge on any atom is -0.437 e. The number of halogens is 14. The van der Waals surface area contributed by atoms with Crippen molar-refractivity contribution in [2.24, 2.45) is 0 Å². The maximum absolute atomic E-state index is 13.4. The minimum absolute atomic E-state index is 0.645. The van der Waals surface area contributed by atoms with E-state index in [1.165, 1.54) is 0 Å². The molecule has 0 aromatic carbocycles. The van der Waals surface area contributed by atoms with Gasteiger partial charge in [0.1, 0.15) is 0 Å². The summed E-state index contributed by atoms with van der Waals surface area (Å²) < 4.78 is 179. The Labute approximate surface area is 128 Å². The van der Waals surface area contributed by atoms with Crippen LogP contribution in [0.2, 0.25) is 0 Å². The van der Waals surface area contributed by atoms with Gasteiger partial charge in [-0.3, -0.25) is 4.74 Å². The van der Waals surface area contributed by atoms with Crippen molar-refractivity contribution in [2.45, 2.75) is 42.5 Å². The predicted molar refractivity (Wildman–Crippen MR) is 48.1 cm³/mol. The van der Waals surface area contributed by atoms with E-state index in [1.807, 2.05) is 0 Å². The number of alkyl halides is 14. The molecule has 0 aliphatic carbocycles. The van der Waals surface area contributed by atoms with Gasteiger partial charge in [-0.25, -0.2) is 4.39 Å². The summed E-state index contributed by atoms with van der Waals surface area (Å²) in [7, 11) is 0. The van der Waals surface area contributed by atoms with E-state index in [-0.39, 0.29) is 0 Å². The van der Waals surface area contributed by atoms with Crippen molar-refractivity contribution in [3.63, 3.8) is 0 Å². The molecule has 16 heteroatoms. The average Bonchev–Trinajstić information content (AvgIpc) is 2.34. The van der Waals surface area contributed by atoms with Gasteiger partial charge in [0, 0.05) is 0 Å². The lowest BCUT2D eigenvalue weighted by Crippen LogP contribution is -2.65. The summed E-state index contributed by atoms with van der Waals surface area (Å²) >= 11 is 0. The van der Waals surface area contributed by atoms with Crippen molar-refractivity contribution in [3.8, 4) is 0 Å². The molecule has 0 saturated carbocycles. The van der Waals surface area contributed by atoms with Gasteiger partial charge in [-0.05, 0) is 0 Å². The highest BCUT2D eigenvalue weighted by Gasteiger charge is 2.82. The molecule has 0 aromatic heterocycles. The monoisotopic (exact) mass is 410 g/mol. The molecule has 0 bridgehead atoms. The summed E-state index contributed by atoms with van der Waals surface area (Å²) in [4.78, 5) is 0. The normalized spacial score (nSPS) is 18.5. The molecule has 0 heterocycles. The maximum atomic E-state index is 13.4. The second kappa shape index (κ2) is 6.35. The first-order valence-corrected chi connectivity index (χ1v) is 5.26. The third-order valence-electron chi connectivity index (χ3n) is 2.23. The van der Waals surface area contributed by atoms with E-state index in [4.69, 9.17) is 0 Å². The smallest absolute Gasteiger partial charge is 0.437 e. The van der Waals surface area contributed by atoms with E-state index >= 15 is 0 Å². The number of ether oxygens (including phenoxy) is 2. The van der Waals surface area contributed by atoms with Crippen LogP contribution >= 0.6 is 0 Å². The Morgan fingerprint density at radius 3 is 1.40 bits per heavy atom. The molecule has 0 aliphatic heterocycles. The topological polar surface area (TPSA) is 18.5 Å². The van der Waals surface area contributed by atoms with Crippen molar-refractivity contribution in [3.05, 3.63) is 12.8 Å². The van der Waals surface area contributed by atoms with Crippen LogP contribution in [0.15, 0.2) is 12.8 Å². The van der Waals surface area contributed by atoms with Crippen molar-refractivity contribution in [1.29, 1.82) is 0 Å². The summed E-state index contributed by atoms with van der Waals surface area (Å²) in [5, 5.41) is 0. The Balaban J connectivity index is 6.13. The molecule has 0 radical (unpaired) electrons. The first-order chi connectivity index (χ1) is 10.7. The van der Waals surface area contributed by atoms with Gasteiger partial charge in [-0.15, -0.1) is 0 Å². The molecular weight excluding hydrogens is 406 g/mol. The number of hydrogen-bond acceptors (Lipinski definition) is 2. The maximum Gasteiger partial charge on any atom is 0.468 e. The van der Waals surface area contributed by atoms with Crippen LogP contribution in [0.5, 0.6) is 0 Å². The van der Waals surface area contributed by atoms with Gasteiger partial charge in [0.2, 0.25) is 0 Å². The zero-order valence-corrected chi connectivity index (χ0v) is 11.0. The average molecular weight is 410 g/mol. The van der Waals surface area contributed by atoms with E-state index < -0.39 is 48.8 Å². The molecule has 0 saturated heterocycles. The van der Waals surface area contributed by atoms with Crippen molar-refractivity contribution >= 4 is 0 Å². The van der Waals surface area contributed by atoms with Crippen LogP contribution in [-0.2, 0) is 9.47 Å². The quantitative estimate of drug-likeness (QED) is 0.429. The lowest BCUT2D eigenvalue weighted by molar-refractivity contribution is -0.519. The van der Waals surface area contributed by atoms with Gasteiger partial charge < -0.3 is 4.74 Å². The lowest BCUT2D eigenvalue weighted by atomic mass is 10.1. The van der Waals surface area contributed by atoms with Crippen molar-refractivity contribution in [1.82, 2.24) is 0 Å². The third kappa shape index (κ3) is 4.20. The molecule has 0 rings (SSSR count). The molecule has 0 aromatic rings. The molecular formula is C9H4F14O2. The largest absolute Gasteiger partial charge is 0.468 e. The fourth-order valence-corrected chi connectivity index (χ4v) is 1.06. The summed E-state index contributed by atoms with van der Waals surface area (Å²) in [6, 6.07) is 0. The van der Waals surface area contributed by atoms with Crippen LogP contribution in [0, 0.1) is 0 Å². The molecule has 25 heavy (non-hydrogen) atoms. The molecule has 2 atom stereocenters. The second-order valence-corrected chi connectivity index (χ2v) is 4.04. The second-order valence-electron chi connectivity index (χ2n) is 4.04. The zero-order valence-electron chi connectivity index (χ0n) is 11.0. The van der Waals surface area contributed by atoms with Crippen molar-refractivity contribution < 1.29 is 70.9 Å². The molecule has 0 aliphatic rings. The van der Waals surface area contributed by atoms with E-state index in [0.717, 1.165) is 0 Å². The summed E-state index contributed by atoms with van der Waals surface area (Å²) in [6.07, 6.45) is -34.4. The van der Waals surface area contributed by atoms with Gasteiger partial charge >= 0.3 is 36.3 Å². The number of rotatable bonds is 7. The SMILES string of the molecule is C=COC(F)(F)C(F)(OC(F)(F)C(F)(F)C(F)C(F)(F)F)C(F)(F)F. The first-order valence-electron chi connectivity index (χ1n) is 5.26. The Hall–Kier alpha value is -1.48. The van der Waals surface area contributed by atoms with Crippen LogP contribution in [-0.4, -0.2) is 42.5 Å². The number of hydrogen-bond donors (Lipinski definition) is 0. The Morgan fingerprint density at radius 2 is 1.12 bits per heavy atom. The van der Waals surface area contributed by atoms with E-state index in [2.05, 4.69) is 11.3 Å². The molecule has 0 spiro atoms. The summed E-state index contributed by atoms with van der Waals surface area (Å²) in [5.74, 6) is -14.3. The highest BCUT2D eigenvalue weighted by molar-refractivity contribution is 4.95. The molecule has 2 nitrogen and oxygen atoms in total. The Morgan fingerprint density at radius 1 is 0.720 bits per heavy atom. The fourth-order valence-electron chi connectivity index (χ4n) is 1.06. The Kier molecular flexibility index (Phi) is 5.98.